The van der Waals surface area contributed by atoms with Crippen LogP contribution in [-0.2, 0) is 28.8 Å². The lowest BCUT2D eigenvalue weighted by Gasteiger charge is -2.42. The molecule has 5 rings (SSSR count). The minimum atomic E-state index is -0.748. The normalized spacial score (nSPS) is 20.4. The zero-order chi connectivity index (χ0) is 26.9. The van der Waals surface area contributed by atoms with Crippen molar-refractivity contribution in [2.75, 3.05) is 6.61 Å². The van der Waals surface area contributed by atoms with Gasteiger partial charge in [-0.2, -0.15) is 4.98 Å². The Labute approximate surface area is 223 Å². The second-order valence-electron chi connectivity index (χ2n) is 10.6. The van der Waals surface area contributed by atoms with Crippen molar-refractivity contribution in [3.63, 3.8) is 0 Å². The largest absolute Gasteiger partial charge is 0.512 e. The third-order valence-corrected chi connectivity index (χ3v) is 7.94. The molecule has 1 atom stereocenters. The maximum Gasteiger partial charge on any atom is 0.338 e. The van der Waals surface area contributed by atoms with Gasteiger partial charge in [0.2, 0.25) is 0 Å². The number of pyridine rings is 1. The first-order chi connectivity index (χ1) is 18.3. The zero-order valence-corrected chi connectivity index (χ0v) is 22.8. The van der Waals surface area contributed by atoms with Crippen molar-refractivity contribution in [3.05, 3.63) is 58.1 Å². The lowest BCUT2D eigenvalue weighted by molar-refractivity contribution is -0.167. The molecule has 0 aromatic carbocycles. The molecule has 1 N–H and O–H groups in total. The summed E-state index contributed by atoms with van der Waals surface area (Å²) in [5.74, 6) is 1.50. The van der Waals surface area contributed by atoms with E-state index in [4.69, 9.17) is 9.47 Å². The number of carbonyl (C=O) groups excluding carboxylic acids is 1. The Morgan fingerprint density at radius 1 is 1.18 bits per heavy atom. The number of hydrogen-bond donors (Lipinski definition) is 1. The second-order valence-corrected chi connectivity index (χ2v) is 10.6. The van der Waals surface area contributed by atoms with Gasteiger partial charge >= 0.3 is 5.97 Å². The average molecular weight is 520 g/mol. The van der Waals surface area contributed by atoms with Gasteiger partial charge in [0.25, 0.3) is 5.78 Å². The number of aromatic nitrogens is 5. The van der Waals surface area contributed by atoms with Crippen molar-refractivity contribution in [3.8, 4) is 5.75 Å². The molecule has 3 aromatic rings. The standard InChI is InChI=1S/C29H37N5O4/c1-5-22-14-20(25(17-30-22)37-6-2)11-12-29(21-9-7-8-10-21)16-24(35)23(27(36)38-29)15-26-32-28-31-18(3)13-19(4)34(28)33-26/h13-14,17,21,35H,5-12,15-16H2,1-4H3. The van der Waals surface area contributed by atoms with Crippen LogP contribution in [0.1, 0.15) is 80.8 Å². The number of aryl methyl sites for hydroxylation is 4. The lowest BCUT2D eigenvalue weighted by Crippen LogP contribution is -2.46. The van der Waals surface area contributed by atoms with E-state index in [1.165, 1.54) is 0 Å². The van der Waals surface area contributed by atoms with Crippen LogP contribution in [-0.4, -0.2) is 47.8 Å². The van der Waals surface area contributed by atoms with E-state index >= 15 is 0 Å². The van der Waals surface area contributed by atoms with Crippen molar-refractivity contribution >= 4 is 11.7 Å². The van der Waals surface area contributed by atoms with Crippen LogP contribution in [0.5, 0.6) is 5.75 Å². The van der Waals surface area contributed by atoms with Crippen LogP contribution in [0.25, 0.3) is 5.78 Å². The Kier molecular flexibility index (Phi) is 7.36. The summed E-state index contributed by atoms with van der Waals surface area (Å²) >= 11 is 0. The molecule has 0 bridgehead atoms. The zero-order valence-electron chi connectivity index (χ0n) is 22.8. The van der Waals surface area contributed by atoms with Gasteiger partial charge in [-0.15, -0.1) is 5.10 Å². The Morgan fingerprint density at radius 2 is 1.97 bits per heavy atom. The van der Waals surface area contributed by atoms with E-state index in [0.29, 0.717) is 37.5 Å². The summed E-state index contributed by atoms with van der Waals surface area (Å²) in [4.78, 5) is 26.9. The van der Waals surface area contributed by atoms with Crippen molar-refractivity contribution < 1.29 is 19.4 Å². The summed E-state index contributed by atoms with van der Waals surface area (Å²) < 4.78 is 13.8. The SMILES string of the molecule is CCOc1cnc(CC)cc1CCC1(C2CCCC2)CC(O)=C(Cc2nc3nc(C)cc(C)n3n2)C(=O)O1. The number of cyclic esters (lactones) is 1. The fraction of sp³-hybridized carbons (Fsp3) is 0.552. The van der Waals surface area contributed by atoms with Gasteiger partial charge in [0.1, 0.15) is 17.1 Å². The molecular formula is C29H37N5O4. The average Bonchev–Trinajstić information content (AvgIpc) is 3.57. The molecule has 2 aliphatic rings. The van der Waals surface area contributed by atoms with Gasteiger partial charge in [-0.25, -0.2) is 14.3 Å². The van der Waals surface area contributed by atoms with E-state index in [0.717, 1.165) is 60.5 Å². The number of carbonyl (C=O) groups is 1. The predicted octanol–water partition coefficient (Wildman–Crippen LogP) is 4.96. The van der Waals surface area contributed by atoms with Crippen LogP contribution >= 0.6 is 0 Å². The van der Waals surface area contributed by atoms with Crippen molar-refractivity contribution in [2.24, 2.45) is 5.92 Å². The summed E-state index contributed by atoms with van der Waals surface area (Å²) in [6, 6.07) is 4.02. The van der Waals surface area contributed by atoms with Crippen LogP contribution in [0.15, 0.2) is 29.7 Å². The first kappa shape index (κ1) is 26.1. The van der Waals surface area contributed by atoms with Crippen LogP contribution in [0.2, 0.25) is 0 Å². The van der Waals surface area contributed by atoms with Crippen LogP contribution in [0.4, 0.5) is 0 Å². The maximum absolute atomic E-state index is 13.4. The molecule has 3 aromatic heterocycles. The summed E-state index contributed by atoms with van der Waals surface area (Å²) in [7, 11) is 0. The highest BCUT2D eigenvalue weighted by molar-refractivity contribution is 5.90. The summed E-state index contributed by atoms with van der Waals surface area (Å²) in [5, 5.41) is 15.8. The highest BCUT2D eigenvalue weighted by Crippen LogP contribution is 2.46. The molecule has 0 radical (unpaired) electrons. The molecule has 0 spiro atoms. The number of hydrogen-bond acceptors (Lipinski definition) is 8. The minimum absolute atomic E-state index is 0.0851. The van der Waals surface area contributed by atoms with Crippen LogP contribution < -0.4 is 4.74 Å². The monoisotopic (exact) mass is 519 g/mol. The number of aliphatic hydroxyl groups excluding tert-OH is 1. The molecule has 1 unspecified atom stereocenters. The highest BCUT2D eigenvalue weighted by atomic mass is 16.6. The van der Waals surface area contributed by atoms with Gasteiger partial charge in [-0.05, 0) is 76.5 Å². The van der Waals surface area contributed by atoms with E-state index in [9.17, 15) is 9.90 Å². The van der Waals surface area contributed by atoms with E-state index in [1.54, 1.807) is 10.7 Å². The molecule has 0 saturated heterocycles. The molecule has 1 fully saturated rings. The summed E-state index contributed by atoms with van der Waals surface area (Å²) in [6.45, 7) is 8.44. The van der Waals surface area contributed by atoms with Crippen molar-refractivity contribution in [1.82, 2.24) is 24.6 Å². The summed E-state index contributed by atoms with van der Waals surface area (Å²) in [5.41, 5.74) is 3.31. The topological polar surface area (TPSA) is 112 Å². The van der Waals surface area contributed by atoms with Gasteiger partial charge in [0.05, 0.1) is 18.4 Å². The fourth-order valence-corrected chi connectivity index (χ4v) is 5.98. The Balaban J connectivity index is 1.42. The molecule has 4 heterocycles. The Bertz CT molecular complexity index is 1370. The van der Waals surface area contributed by atoms with Gasteiger partial charge in [-0.1, -0.05) is 19.8 Å². The molecule has 0 amide bonds. The molecule has 202 valence electrons. The molecule has 1 aliphatic heterocycles. The van der Waals surface area contributed by atoms with Gasteiger partial charge in [0.15, 0.2) is 5.82 Å². The fourth-order valence-electron chi connectivity index (χ4n) is 5.98. The molecule has 9 nitrogen and oxygen atoms in total. The minimum Gasteiger partial charge on any atom is -0.512 e. The van der Waals surface area contributed by atoms with E-state index in [2.05, 4.69) is 33.0 Å². The van der Waals surface area contributed by atoms with E-state index in [-0.39, 0.29) is 23.7 Å². The molecule has 1 saturated carbocycles. The van der Waals surface area contributed by atoms with E-state index in [1.807, 2.05) is 26.8 Å². The third kappa shape index (κ3) is 5.11. The number of nitrogens with zero attached hydrogens (tertiary/aromatic N) is 5. The van der Waals surface area contributed by atoms with Gasteiger partial charge in [-0.3, -0.25) is 4.98 Å². The van der Waals surface area contributed by atoms with Crippen LogP contribution in [0.3, 0.4) is 0 Å². The predicted molar refractivity (Wildman–Crippen MR) is 142 cm³/mol. The lowest BCUT2D eigenvalue weighted by atomic mass is 9.76. The van der Waals surface area contributed by atoms with Crippen molar-refractivity contribution in [2.45, 2.75) is 91.1 Å². The molecule has 38 heavy (non-hydrogen) atoms. The number of rotatable bonds is 9. The molecule has 1 aliphatic carbocycles. The number of ether oxygens (including phenoxy) is 2. The first-order valence-corrected chi connectivity index (χ1v) is 13.8. The highest BCUT2D eigenvalue weighted by Gasteiger charge is 2.48. The Morgan fingerprint density at radius 3 is 2.68 bits per heavy atom. The number of aliphatic hydroxyl groups is 1. The smallest absolute Gasteiger partial charge is 0.338 e. The van der Waals surface area contributed by atoms with Crippen LogP contribution in [0, 0.1) is 19.8 Å². The molecular weight excluding hydrogens is 482 g/mol. The number of esters is 1. The Hall–Kier alpha value is -3.49. The molecule has 9 heteroatoms. The third-order valence-electron chi connectivity index (χ3n) is 7.94. The maximum atomic E-state index is 13.4. The quantitative estimate of drug-likeness (QED) is 0.395. The van der Waals surface area contributed by atoms with Crippen molar-refractivity contribution in [1.29, 1.82) is 0 Å². The van der Waals surface area contributed by atoms with E-state index < -0.39 is 11.6 Å². The summed E-state index contributed by atoms with van der Waals surface area (Å²) in [6.07, 6.45) is 8.52. The van der Waals surface area contributed by atoms with Gasteiger partial charge in [0, 0.05) is 29.9 Å². The number of fused-ring (bicyclic) bond motifs is 1. The first-order valence-electron chi connectivity index (χ1n) is 13.8. The second kappa shape index (κ2) is 10.7. The van der Waals surface area contributed by atoms with Gasteiger partial charge < -0.3 is 14.6 Å².